The average Bonchev–Trinajstić information content (AvgIpc) is 2.70. The van der Waals surface area contributed by atoms with Crippen molar-refractivity contribution in [3.8, 4) is 0 Å². The number of hydrogen-bond donors (Lipinski definition) is 0. The second-order valence-corrected chi connectivity index (χ2v) is 5.14. The summed E-state index contributed by atoms with van der Waals surface area (Å²) in [7, 11) is 2.19. The SMILES string of the molecule is CCC(=O)CCCN(C)C1CCSC1. The molecule has 1 atom stereocenters. The minimum atomic E-state index is 0.402. The summed E-state index contributed by atoms with van der Waals surface area (Å²) < 4.78 is 0. The quantitative estimate of drug-likeness (QED) is 0.677. The molecule has 0 N–H and O–H groups in total. The maximum absolute atomic E-state index is 11.1. The molecule has 0 saturated carbocycles. The Morgan fingerprint density at radius 1 is 1.57 bits per heavy atom. The molecule has 14 heavy (non-hydrogen) atoms. The van der Waals surface area contributed by atoms with Gasteiger partial charge in [-0.05, 0) is 32.2 Å². The van der Waals surface area contributed by atoms with Gasteiger partial charge in [0.25, 0.3) is 0 Å². The number of nitrogens with zero attached hydrogens (tertiary/aromatic N) is 1. The van der Waals surface area contributed by atoms with E-state index in [9.17, 15) is 4.79 Å². The smallest absolute Gasteiger partial charge is 0.132 e. The highest BCUT2D eigenvalue weighted by atomic mass is 32.2. The van der Waals surface area contributed by atoms with E-state index in [1.54, 1.807) is 0 Å². The van der Waals surface area contributed by atoms with Crippen molar-refractivity contribution in [1.29, 1.82) is 0 Å². The molecule has 0 amide bonds. The van der Waals surface area contributed by atoms with Gasteiger partial charge in [0, 0.05) is 24.6 Å². The molecule has 1 rings (SSSR count). The Balaban J connectivity index is 2.08. The Labute approximate surface area is 91.4 Å². The van der Waals surface area contributed by atoms with E-state index in [2.05, 4.69) is 11.9 Å². The third-order valence-electron chi connectivity index (χ3n) is 2.89. The molecule has 0 spiro atoms. The van der Waals surface area contributed by atoms with Gasteiger partial charge >= 0.3 is 0 Å². The first-order chi connectivity index (χ1) is 6.74. The van der Waals surface area contributed by atoms with Gasteiger partial charge in [0.05, 0.1) is 0 Å². The summed E-state index contributed by atoms with van der Waals surface area (Å²) >= 11 is 2.05. The zero-order valence-electron chi connectivity index (χ0n) is 9.29. The lowest BCUT2D eigenvalue weighted by Gasteiger charge is -2.22. The number of carbonyl (C=O) groups excluding carboxylic acids is 1. The maximum Gasteiger partial charge on any atom is 0.132 e. The molecule has 0 aromatic rings. The van der Waals surface area contributed by atoms with E-state index in [4.69, 9.17) is 0 Å². The van der Waals surface area contributed by atoms with Gasteiger partial charge in [0.15, 0.2) is 0 Å². The van der Waals surface area contributed by atoms with Crippen molar-refractivity contribution in [3.05, 3.63) is 0 Å². The maximum atomic E-state index is 11.1. The van der Waals surface area contributed by atoms with E-state index < -0.39 is 0 Å². The summed E-state index contributed by atoms with van der Waals surface area (Å²) in [6.45, 7) is 3.02. The molecule has 1 heterocycles. The zero-order chi connectivity index (χ0) is 10.4. The van der Waals surface area contributed by atoms with Crippen LogP contribution in [0.15, 0.2) is 0 Å². The van der Waals surface area contributed by atoms with Crippen molar-refractivity contribution in [2.24, 2.45) is 0 Å². The largest absolute Gasteiger partial charge is 0.303 e. The number of hydrogen-bond acceptors (Lipinski definition) is 3. The topological polar surface area (TPSA) is 20.3 Å². The predicted molar refractivity (Wildman–Crippen MR) is 62.9 cm³/mol. The van der Waals surface area contributed by atoms with E-state index in [1.807, 2.05) is 18.7 Å². The van der Waals surface area contributed by atoms with Crippen molar-refractivity contribution in [2.75, 3.05) is 25.1 Å². The molecule has 0 aromatic heterocycles. The summed E-state index contributed by atoms with van der Waals surface area (Å²) in [5.74, 6) is 2.99. The van der Waals surface area contributed by atoms with E-state index in [-0.39, 0.29) is 0 Å². The first-order valence-corrected chi connectivity index (χ1v) is 6.69. The molecule has 1 saturated heterocycles. The monoisotopic (exact) mass is 215 g/mol. The highest BCUT2D eigenvalue weighted by Crippen LogP contribution is 2.21. The van der Waals surface area contributed by atoms with Crippen LogP contribution in [0, 0.1) is 0 Å². The van der Waals surface area contributed by atoms with Crippen LogP contribution in [0.3, 0.4) is 0 Å². The van der Waals surface area contributed by atoms with Gasteiger partial charge in [0.1, 0.15) is 5.78 Å². The standard InChI is InChI=1S/C11H21NOS/c1-3-11(13)5-4-7-12(2)10-6-8-14-9-10/h10H,3-9H2,1-2H3. The predicted octanol–water partition coefficient (Wildman–Crippen LogP) is 2.18. The van der Waals surface area contributed by atoms with E-state index in [0.717, 1.165) is 25.4 Å². The van der Waals surface area contributed by atoms with Crippen LogP contribution in [0.2, 0.25) is 0 Å². The lowest BCUT2D eigenvalue weighted by atomic mass is 10.1. The lowest BCUT2D eigenvalue weighted by Crippen LogP contribution is -2.32. The van der Waals surface area contributed by atoms with Crippen LogP contribution in [0.1, 0.15) is 32.6 Å². The van der Waals surface area contributed by atoms with Crippen LogP contribution in [0.25, 0.3) is 0 Å². The van der Waals surface area contributed by atoms with Gasteiger partial charge in [-0.25, -0.2) is 0 Å². The molecular weight excluding hydrogens is 194 g/mol. The van der Waals surface area contributed by atoms with Gasteiger partial charge in [0.2, 0.25) is 0 Å². The second-order valence-electron chi connectivity index (χ2n) is 3.99. The Kier molecular flexibility index (Phi) is 5.56. The van der Waals surface area contributed by atoms with Gasteiger partial charge in [-0.15, -0.1) is 0 Å². The highest BCUT2D eigenvalue weighted by molar-refractivity contribution is 7.99. The Bertz CT molecular complexity index is 178. The lowest BCUT2D eigenvalue weighted by molar-refractivity contribution is -0.118. The normalized spacial score (nSPS) is 21.8. The van der Waals surface area contributed by atoms with E-state index >= 15 is 0 Å². The first kappa shape index (κ1) is 12.1. The molecule has 0 radical (unpaired) electrons. The van der Waals surface area contributed by atoms with E-state index in [1.165, 1.54) is 17.9 Å². The van der Waals surface area contributed by atoms with Crippen LogP contribution >= 0.6 is 11.8 Å². The fourth-order valence-electron chi connectivity index (χ4n) is 1.75. The number of rotatable bonds is 6. The van der Waals surface area contributed by atoms with Crippen molar-refractivity contribution in [1.82, 2.24) is 4.90 Å². The Morgan fingerprint density at radius 2 is 2.36 bits per heavy atom. The molecule has 1 aliphatic heterocycles. The fourth-order valence-corrected chi connectivity index (χ4v) is 3.05. The molecule has 0 bridgehead atoms. The Hall–Kier alpha value is -0.0200. The molecule has 3 heteroatoms. The molecule has 1 aliphatic rings. The van der Waals surface area contributed by atoms with E-state index in [0.29, 0.717) is 12.2 Å². The number of thioether (sulfide) groups is 1. The van der Waals surface area contributed by atoms with Crippen LogP contribution < -0.4 is 0 Å². The number of carbonyl (C=O) groups is 1. The van der Waals surface area contributed by atoms with Crippen LogP contribution in [0.4, 0.5) is 0 Å². The fraction of sp³-hybridized carbons (Fsp3) is 0.909. The molecule has 0 aromatic carbocycles. The average molecular weight is 215 g/mol. The second kappa shape index (κ2) is 6.46. The number of Topliss-reactive ketones (excluding diaryl/α,β-unsaturated/α-hetero) is 1. The van der Waals surface area contributed by atoms with Crippen molar-refractivity contribution >= 4 is 17.5 Å². The highest BCUT2D eigenvalue weighted by Gasteiger charge is 2.19. The van der Waals surface area contributed by atoms with Crippen molar-refractivity contribution < 1.29 is 4.79 Å². The third-order valence-corrected chi connectivity index (χ3v) is 4.03. The van der Waals surface area contributed by atoms with Crippen LogP contribution in [-0.2, 0) is 4.79 Å². The summed E-state index contributed by atoms with van der Waals surface area (Å²) in [5, 5.41) is 0. The first-order valence-electron chi connectivity index (χ1n) is 5.53. The zero-order valence-corrected chi connectivity index (χ0v) is 10.1. The third kappa shape index (κ3) is 4.01. The minimum Gasteiger partial charge on any atom is -0.303 e. The molecule has 1 fully saturated rings. The van der Waals surface area contributed by atoms with Gasteiger partial charge < -0.3 is 4.90 Å². The summed E-state index contributed by atoms with van der Waals surface area (Å²) in [6, 6.07) is 0.761. The van der Waals surface area contributed by atoms with Crippen molar-refractivity contribution in [2.45, 2.75) is 38.6 Å². The molecule has 82 valence electrons. The Morgan fingerprint density at radius 3 is 2.93 bits per heavy atom. The van der Waals surface area contributed by atoms with Gasteiger partial charge in [-0.3, -0.25) is 4.79 Å². The summed E-state index contributed by atoms with van der Waals surface area (Å²) in [5.41, 5.74) is 0. The van der Waals surface area contributed by atoms with Crippen LogP contribution in [-0.4, -0.2) is 41.8 Å². The van der Waals surface area contributed by atoms with Crippen molar-refractivity contribution in [3.63, 3.8) is 0 Å². The minimum absolute atomic E-state index is 0.402. The molecule has 2 nitrogen and oxygen atoms in total. The van der Waals surface area contributed by atoms with Gasteiger partial charge in [-0.1, -0.05) is 6.92 Å². The molecule has 0 aliphatic carbocycles. The van der Waals surface area contributed by atoms with Gasteiger partial charge in [-0.2, -0.15) is 11.8 Å². The summed E-state index contributed by atoms with van der Waals surface area (Å²) in [4.78, 5) is 13.5. The molecule has 1 unspecified atom stereocenters. The number of ketones is 1. The summed E-state index contributed by atoms with van der Waals surface area (Å²) in [6.07, 6.45) is 3.82. The van der Waals surface area contributed by atoms with Crippen LogP contribution in [0.5, 0.6) is 0 Å². The molecular formula is C11H21NOS.